The summed E-state index contributed by atoms with van der Waals surface area (Å²) in [6, 6.07) is 11.5. The standard InChI is InChI=1S/C23H20FN3O3S/c1-2-15-4-3-5-18-16(12-26(21(15)18)13-20(25)28)10-19-22(29)27(23(30)31-19)11-14-6-8-17(24)9-7-14/h3-10,12H,2,11,13H2,1H3,(H2,25,28)/b19-10-. The van der Waals surface area contributed by atoms with E-state index in [9.17, 15) is 18.8 Å². The minimum atomic E-state index is -0.464. The number of aryl methyl sites for hydroxylation is 1. The van der Waals surface area contributed by atoms with Crippen molar-refractivity contribution >= 4 is 45.8 Å². The molecule has 0 unspecified atom stereocenters. The smallest absolute Gasteiger partial charge is 0.293 e. The molecule has 3 amide bonds. The number of carbonyl (C=O) groups excluding carboxylic acids is 3. The van der Waals surface area contributed by atoms with Gasteiger partial charge in [0, 0.05) is 17.1 Å². The Morgan fingerprint density at radius 3 is 2.58 bits per heavy atom. The molecular formula is C23H20FN3O3S. The van der Waals surface area contributed by atoms with Crippen LogP contribution in [0.1, 0.15) is 23.6 Å². The lowest BCUT2D eigenvalue weighted by Gasteiger charge is -2.12. The third-order valence-electron chi connectivity index (χ3n) is 5.13. The first-order valence-electron chi connectivity index (χ1n) is 9.76. The third-order valence-corrected chi connectivity index (χ3v) is 6.04. The molecule has 1 aliphatic heterocycles. The number of hydrogen-bond acceptors (Lipinski definition) is 4. The summed E-state index contributed by atoms with van der Waals surface area (Å²) < 4.78 is 14.9. The van der Waals surface area contributed by atoms with E-state index in [4.69, 9.17) is 5.73 Å². The number of aromatic nitrogens is 1. The SMILES string of the molecule is CCc1cccc2c(/C=C3\SC(=O)N(Cc4ccc(F)cc4)C3=O)cn(CC(N)=O)c12. The van der Waals surface area contributed by atoms with E-state index in [2.05, 4.69) is 0 Å². The van der Waals surface area contributed by atoms with Crippen molar-refractivity contribution in [1.29, 1.82) is 0 Å². The van der Waals surface area contributed by atoms with E-state index in [0.717, 1.165) is 45.1 Å². The van der Waals surface area contributed by atoms with Gasteiger partial charge in [0.15, 0.2) is 0 Å². The lowest BCUT2D eigenvalue weighted by Crippen LogP contribution is -2.27. The van der Waals surface area contributed by atoms with Gasteiger partial charge in [-0.1, -0.05) is 37.3 Å². The van der Waals surface area contributed by atoms with Crippen LogP contribution in [0.15, 0.2) is 53.6 Å². The van der Waals surface area contributed by atoms with Gasteiger partial charge in [0.25, 0.3) is 11.1 Å². The molecule has 0 aliphatic carbocycles. The molecule has 0 bridgehead atoms. The summed E-state index contributed by atoms with van der Waals surface area (Å²) in [4.78, 5) is 38.3. The topological polar surface area (TPSA) is 85.4 Å². The lowest BCUT2D eigenvalue weighted by atomic mass is 10.1. The van der Waals surface area contributed by atoms with Crippen LogP contribution in [0.2, 0.25) is 0 Å². The Morgan fingerprint density at radius 2 is 1.90 bits per heavy atom. The molecule has 1 fully saturated rings. The van der Waals surface area contributed by atoms with Gasteiger partial charge in [-0.3, -0.25) is 19.3 Å². The molecule has 1 aliphatic rings. The average molecular weight is 437 g/mol. The molecule has 6 nitrogen and oxygen atoms in total. The molecule has 8 heteroatoms. The van der Waals surface area contributed by atoms with Gasteiger partial charge < -0.3 is 10.3 Å². The highest BCUT2D eigenvalue weighted by Gasteiger charge is 2.35. The first kappa shape index (κ1) is 20.9. The zero-order valence-electron chi connectivity index (χ0n) is 16.8. The number of carbonyl (C=O) groups is 3. The third kappa shape index (κ3) is 4.11. The number of nitrogens with zero attached hydrogens (tertiary/aromatic N) is 2. The van der Waals surface area contributed by atoms with Crippen LogP contribution in [0.4, 0.5) is 9.18 Å². The predicted octanol–water partition coefficient (Wildman–Crippen LogP) is 4.06. The van der Waals surface area contributed by atoms with Crippen molar-refractivity contribution in [2.45, 2.75) is 26.4 Å². The molecule has 2 aromatic carbocycles. The highest BCUT2D eigenvalue weighted by molar-refractivity contribution is 8.18. The number of rotatable bonds is 6. The summed E-state index contributed by atoms with van der Waals surface area (Å²) in [5.74, 6) is -1.24. The number of thioether (sulfide) groups is 1. The minimum absolute atomic E-state index is 0.0212. The normalized spacial score (nSPS) is 15.4. The van der Waals surface area contributed by atoms with Crippen LogP contribution in [0.3, 0.4) is 0 Å². The number of fused-ring (bicyclic) bond motifs is 1. The van der Waals surface area contributed by atoms with Crippen molar-refractivity contribution in [2.75, 3.05) is 0 Å². The van der Waals surface area contributed by atoms with Crippen LogP contribution in [0.5, 0.6) is 0 Å². The number of para-hydroxylation sites is 1. The minimum Gasteiger partial charge on any atom is -0.368 e. The molecule has 31 heavy (non-hydrogen) atoms. The maximum absolute atomic E-state index is 13.1. The van der Waals surface area contributed by atoms with Crippen LogP contribution in [0.25, 0.3) is 17.0 Å². The summed E-state index contributed by atoms with van der Waals surface area (Å²) in [7, 11) is 0. The molecule has 2 N–H and O–H groups in total. The largest absolute Gasteiger partial charge is 0.368 e. The number of nitrogens with two attached hydrogens (primary N) is 1. The average Bonchev–Trinajstić information content (AvgIpc) is 3.21. The fourth-order valence-electron chi connectivity index (χ4n) is 3.71. The summed E-state index contributed by atoms with van der Waals surface area (Å²) in [5, 5.41) is 0.502. The molecule has 2 heterocycles. The Morgan fingerprint density at radius 1 is 1.16 bits per heavy atom. The zero-order chi connectivity index (χ0) is 22.1. The molecule has 0 saturated carbocycles. The summed E-state index contributed by atoms with van der Waals surface area (Å²) in [5.41, 5.74) is 8.76. The molecule has 4 rings (SSSR count). The monoisotopic (exact) mass is 437 g/mol. The van der Waals surface area contributed by atoms with Gasteiger partial charge in [0.1, 0.15) is 12.4 Å². The zero-order valence-corrected chi connectivity index (χ0v) is 17.6. The Balaban J connectivity index is 1.70. The quantitative estimate of drug-likeness (QED) is 0.589. The lowest BCUT2D eigenvalue weighted by molar-refractivity contribution is -0.123. The van der Waals surface area contributed by atoms with E-state index >= 15 is 0 Å². The molecule has 3 aromatic rings. The molecular weight excluding hydrogens is 417 g/mol. The van der Waals surface area contributed by atoms with E-state index in [1.165, 1.54) is 12.1 Å². The maximum Gasteiger partial charge on any atom is 0.293 e. The Labute approximate surface area is 182 Å². The maximum atomic E-state index is 13.1. The van der Waals surface area contributed by atoms with Gasteiger partial charge in [0.2, 0.25) is 5.91 Å². The molecule has 1 saturated heterocycles. The van der Waals surface area contributed by atoms with E-state index in [0.29, 0.717) is 10.5 Å². The van der Waals surface area contributed by atoms with Crippen molar-refractivity contribution in [3.63, 3.8) is 0 Å². The second-order valence-electron chi connectivity index (χ2n) is 7.24. The first-order chi connectivity index (χ1) is 14.9. The Kier molecular flexibility index (Phi) is 5.65. The number of amides is 3. The van der Waals surface area contributed by atoms with Crippen LogP contribution >= 0.6 is 11.8 Å². The van der Waals surface area contributed by atoms with E-state index in [1.807, 2.05) is 25.1 Å². The second-order valence-corrected chi connectivity index (χ2v) is 8.23. The van der Waals surface area contributed by atoms with Crippen molar-refractivity contribution in [3.8, 4) is 0 Å². The number of primary amides is 1. The number of hydrogen-bond donors (Lipinski definition) is 1. The fourth-order valence-corrected chi connectivity index (χ4v) is 4.54. The van der Waals surface area contributed by atoms with Crippen LogP contribution in [0, 0.1) is 5.82 Å². The van der Waals surface area contributed by atoms with E-state index in [1.54, 1.807) is 29.0 Å². The van der Waals surface area contributed by atoms with Gasteiger partial charge >= 0.3 is 0 Å². The van der Waals surface area contributed by atoms with Gasteiger partial charge in [-0.05, 0) is 47.5 Å². The van der Waals surface area contributed by atoms with E-state index in [-0.39, 0.29) is 24.1 Å². The fraction of sp³-hybridized carbons (Fsp3) is 0.174. The highest BCUT2D eigenvalue weighted by atomic mass is 32.2. The second kappa shape index (κ2) is 8.39. The number of imide groups is 1. The van der Waals surface area contributed by atoms with Gasteiger partial charge in [-0.2, -0.15) is 0 Å². The molecule has 0 spiro atoms. The Hall–Kier alpha value is -3.39. The first-order valence-corrected chi connectivity index (χ1v) is 10.6. The summed E-state index contributed by atoms with van der Waals surface area (Å²) in [6.45, 7) is 2.12. The molecule has 0 radical (unpaired) electrons. The number of halogens is 1. The van der Waals surface area contributed by atoms with Crippen LogP contribution in [-0.4, -0.2) is 26.5 Å². The summed E-state index contributed by atoms with van der Waals surface area (Å²) >= 11 is 0.864. The molecule has 158 valence electrons. The van der Waals surface area contributed by atoms with Gasteiger partial charge in [-0.15, -0.1) is 0 Å². The van der Waals surface area contributed by atoms with Gasteiger partial charge in [-0.25, -0.2) is 4.39 Å². The number of benzene rings is 2. The van der Waals surface area contributed by atoms with Crippen molar-refractivity contribution in [1.82, 2.24) is 9.47 Å². The summed E-state index contributed by atoms with van der Waals surface area (Å²) in [6.07, 6.45) is 4.23. The Bertz CT molecular complexity index is 1230. The molecule has 1 aromatic heterocycles. The predicted molar refractivity (Wildman–Crippen MR) is 118 cm³/mol. The van der Waals surface area contributed by atoms with Crippen LogP contribution < -0.4 is 5.73 Å². The van der Waals surface area contributed by atoms with Crippen LogP contribution in [-0.2, 0) is 29.1 Å². The van der Waals surface area contributed by atoms with Crippen molar-refractivity contribution < 1.29 is 18.8 Å². The van der Waals surface area contributed by atoms with E-state index < -0.39 is 11.8 Å². The van der Waals surface area contributed by atoms with Crippen molar-refractivity contribution in [2.24, 2.45) is 5.73 Å². The van der Waals surface area contributed by atoms with Gasteiger partial charge in [0.05, 0.1) is 17.0 Å². The van der Waals surface area contributed by atoms with Crippen molar-refractivity contribution in [3.05, 3.63) is 76.1 Å². The molecule has 0 atom stereocenters. The highest BCUT2D eigenvalue weighted by Crippen LogP contribution is 2.35.